The van der Waals surface area contributed by atoms with Crippen LogP contribution < -0.4 is 0 Å². The van der Waals surface area contributed by atoms with Crippen LogP contribution in [0.3, 0.4) is 0 Å². The molecule has 40 heavy (non-hydrogen) atoms. The molecule has 0 radical (unpaired) electrons. The minimum Gasteiger partial charge on any atom is -0.454 e. The van der Waals surface area contributed by atoms with Gasteiger partial charge in [0.1, 0.15) is 17.2 Å². The summed E-state index contributed by atoms with van der Waals surface area (Å²) in [4.78, 5) is 10.0. The first-order valence-electron chi connectivity index (χ1n) is 13.1. The van der Waals surface area contributed by atoms with Crippen LogP contribution >= 0.6 is 0 Å². The van der Waals surface area contributed by atoms with Gasteiger partial charge in [0.2, 0.25) is 0 Å². The second kappa shape index (κ2) is 8.65. The van der Waals surface area contributed by atoms with Crippen molar-refractivity contribution in [3.63, 3.8) is 0 Å². The molecule has 8 rings (SSSR count). The average Bonchev–Trinajstić information content (AvgIpc) is 3.57. The molecule has 0 spiro atoms. The van der Waals surface area contributed by atoms with E-state index in [2.05, 4.69) is 41.0 Å². The number of rotatable bonds is 3. The molecule has 0 amide bonds. The molecule has 0 bridgehead atoms. The minimum atomic E-state index is 0.404. The van der Waals surface area contributed by atoms with Crippen LogP contribution in [0, 0.1) is 11.3 Å². The maximum atomic E-state index is 10.6. The minimum absolute atomic E-state index is 0.404. The van der Waals surface area contributed by atoms with E-state index in [1.54, 1.807) is 0 Å². The number of hydrogen-bond acceptors (Lipinski definition) is 4. The first-order valence-corrected chi connectivity index (χ1v) is 13.1. The first kappa shape index (κ1) is 22.3. The monoisotopic (exact) mass is 512 g/mol. The predicted octanol–water partition coefficient (Wildman–Crippen LogP) is 8.68. The van der Waals surface area contributed by atoms with Crippen molar-refractivity contribution in [1.82, 2.24) is 14.5 Å². The summed E-state index contributed by atoms with van der Waals surface area (Å²) in [6.45, 7) is 0. The van der Waals surface area contributed by atoms with Gasteiger partial charge in [0.05, 0.1) is 16.7 Å². The van der Waals surface area contributed by atoms with Crippen LogP contribution in [0.1, 0.15) is 5.56 Å². The topological polar surface area (TPSA) is 67.6 Å². The lowest BCUT2D eigenvalue weighted by molar-refractivity contribution is 0.671. The molecular formula is C35H20N4O. The maximum absolute atomic E-state index is 10.6. The van der Waals surface area contributed by atoms with Crippen LogP contribution in [0.2, 0.25) is 0 Å². The van der Waals surface area contributed by atoms with E-state index < -0.39 is 0 Å². The molecule has 5 nitrogen and oxygen atoms in total. The van der Waals surface area contributed by atoms with Crippen molar-refractivity contribution in [2.75, 3.05) is 0 Å². The summed E-state index contributed by atoms with van der Waals surface area (Å²) >= 11 is 0. The maximum Gasteiger partial charge on any atom is 0.162 e. The van der Waals surface area contributed by atoms with E-state index in [0.29, 0.717) is 22.9 Å². The average molecular weight is 513 g/mol. The van der Waals surface area contributed by atoms with Crippen molar-refractivity contribution in [3.8, 4) is 34.5 Å². The molecule has 0 aliphatic heterocycles. The van der Waals surface area contributed by atoms with Crippen LogP contribution in [-0.2, 0) is 0 Å². The van der Waals surface area contributed by atoms with Crippen LogP contribution in [0.4, 0.5) is 0 Å². The highest BCUT2D eigenvalue weighted by atomic mass is 16.3. The van der Waals surface area contributed by atoms with E-state index in [-0.39, 0.29) is 0 Å². The van der Waals surface area contributed by atoms with Gasteiger partial charge in [-0.1, -0.05) is 103 Å². The van der Waals surface area contributed by atoms with Gasteiger partial charge < -0.3 is 4.42 Å². The van der Waals surface area contributed by atoms with Gasteiger partial charge in [0.15, 0.2) is 17.2 Å². The Morgan fingerprint density at radius 1 is 0.600 bits per heavy atom. The van der Waals surface area contributed by atoms with E-state index in [1.807, 2.05) is 91.0 Å². The van der Waals surface area contributed by atoms with Gasteiger partial charge in [-0.2, -0.15) is 5.26 Å². The Hall–Kier alpha value is -5.73. The molecule has 186 valence electrons. The molecule has 3 aromatic heterocycles. The third-order valence-corrected chi connectivity index (χ3v) is 7.47. The Balaban J connectivity index is 1.58. The second-order valence-electron chi connectivity index (χ2n) is 9.73. The van der Waals surface area contributed by atoms with E-state index in [1.165, 1.54) is 0 Å². The summed E-state index contributed by atoms with van der Waals surface area (Å²) in [5.41, 5.74) is 6.13. The zero-order valence-corrected chi connectivity index (χ0v) is 21.2. The molecule has 0 fully saturated rings. The van der Waals surface area contributed by atoms with E-state index in [0.717, 1.165) is 54.9 Å². The van der Waals surface area contributed by atoms with E-state index in [4.69, 9.17) is 14.4 Å². The molecule has 0 saturated carbocycles. The molecule has 0 aliphatic rings. The van der Waals surface area contributed by atoms with Crippen molar-refractivity contribution >= 4 is 43.7 Å². The molecule has 0 N–H and O–H groups in total. The quantitative estimate of drug-likeness (QED) is 0.237. The lowest BCUT2D eigenvalue weighted by Crippen LogP contribution is -2.07. The van der Waals surface area contributed by atoms with Crippen LogP contribution in [-0.4, -0.2) is 14.5 Å². The Labute approximate surface area is 229 Å². The number of hydrogen-bond donors (Lipinski definition) is 0. The number of aromatic nitrogens is 3. The van der Waals surface area contributed by atoms with Crippen molar-refractivity contribution in [1.29, 1.82) is 5.26 Å². The lowest BCUT2D eigenvalue weighted by atomic mass is 10.1. The largest absolute Gasteiger partial charge is 0.454 e. The summed E-state index contributed by atoms with van der Waals surface area (Å²) in [5.74, 6) is 1.07. The summed E-state index contributed by atoms with van der Waals surface area (Å²) in [6.07, 6.45) is 0. The van der Waals surface area contributed by atoms with Gasteiger partial charge in [0.25, 0.3) is 0 Å². The highest BCUT2D eigenvalue weighted by Crippen LogP contribution is 2.41. The molecule has 0 saturated heterocycles. The van der Waals surface area contributed by atoms with Gasteiger partial charge in [-0.25, -0.2) is 9.97 Å². The molecule has 3 heterocycles. The summed E-state index contributed by atoms with van der Waals surface area (Å²) in [5, 5.41) is 14.8. The number of fused-ring (bicyclic) bond motifs is 7. The SMILES string of the molecule is N#Cc1c(-c2ccccc2)nc(-c2ccccc2)nc1-n1c2ccccc2c2ccc3c4ccccc4oc3c21. The normalized spacial score (nSPS) is 11.5. The fourth-order valence-corrected chi connectivity index (χ4v) is 5.69. The molecule has 5 aromatic carbocycles. The third-order valence-electron chi connectivity index (χ3n) is 7.47. The second-order valence-corrected chi connectivity index (χ2v) is 9.73. The molecule has 8 aromatic rings. The van der Waals surface area contributed by atoms with E-state index >= 15 is 0 Å². The molecule has 0 unspecified atom stereocenters. The number of nitrogens with zero attached hydrogens (tertiary/aromatic N) is 4. The van der Waals surface area contributed by atoms with E-state index in [9.17, 15) is 5.26 Å². The number of furan rings is 1. The molecule has 0 atom stereocenters. The van der Waals surface area contributed by atoms with Crippen molar-refractivity contribution in [2.24, 2.45) is 0 Å². The predicted molar refractivity (Wildman–Crippen MR) is 159 cm³/mol. The van der Waals surface area contributed by atoms with Crippen LogP contribution in [0.5, 0.6) is 0 Å². The van der Waals surface area contributed by atoms with Crippen LogP contribution in [0.25, 0.3) is 72.2 Å². The van der Waals surface area contributed by atoms with Gasteiger partial charge in [-0.3, -0.25) is 4.57 Å². The number of para-hydroxylation sites is 2. The van der Waals surface area contributed by atoms with Gasteiger partial charge >= 0.3 is 0 Å². The highest BCUT2D eigenvalue weighted by Gasteiger charge is 2.24. The molecular weight excluding hydrogens is 492 g/mol. The summed E-state index contributed by atoms with van der Waals surface area (Å²) < 4.78 is 8.59. The zero-order valence-electron chi connectivity index (χ0n) is 21.2. The van der Waals surface area contributed by atoms with Crippen molar-refractivity contribution in [2.45, 2.75) is 0 Å². The van der Waals surface area contributed by atoms with Gasteiger partial charge in [0, 0.05) is 32.7 Å². The fraction of sp³-hybridized carbons (Fsp3) is 0. The first-order chi connectivity index (χ1) is 19.8. The molecule has 5 heteroatoms. The van der Waals surface area contributed by atoms with Crippen molar-refractivity contribution in [3.05, 3.63) is 127 Å². The summed E-state index contributed by atoms with van der Waals surface area (Å²) in [6, 6.07) is 42.7. The van der Waals surface area contributed by atoms with Gasteiger partial charge in [-0.05, 0) is 18.2 Å². The fourth-order valence-electron chi connectivity index (χ4n) is 5.69. The Kier molecular flexibility index (Phi) is 4.82. The molecule has 0 aliphatic carbocycles. The Bertz CT molecular complexity index is 2270. The smallest absolute Gasteiger partial charge is 0.162 e. The third kappa shape index (κ3) is 3.20. The van der Waals surface area contributed by atoms with Crippen molar-refractivity contribution < 1.29 is 4.42 Å². The highest BCUT2D eigenvalue weighted by molar-refractivity contribution is 6.21. The van der Waals surface area contributed by atoms with Gasteiger partial charge in [-0.15, -0.1) is 0 Å². The summed E-state index contributed by atoms with van der Waals surface area (Å²) in [7, 11) is 0. The Morgan fingerprint density at radius 2 is 1.25 bits per heavy atom. The zero-order chi connectivity index (χ0) is 26.6. The van der Waals surface area contributed by atoms with Crippen LogP contribution in [0.15, 0.2) is 126 Å². The lowest BCUT2D eigenvalue weighted by Gasteiger charge is -2.14. The standard InChI is InChI=1S/C35H20N4O/c36-21-28-31(22-11-3-1-4-12-22)37-34(23-13-5-2-6-14-23)38-35(28)39-29-17-9-7-15-24(29)26-19-20-27-25-16-8-10-18-30(25)40-33(27)32(26)39/h1-20H. The Morgan fingerprint density at radius 3 is 2.02 bits per heavy atom. The number of benzene rings is 5. The number of nitriles is 1.